The van der Waals surface area contributed by atoms with Crippen molar-refractivity contribution >= 4 is 18.1 Å². The highest BCUT2D eigenvalue weighted by Crippen LogP contribution is 2.33. The maximum atomic E-state index is 14.3. The van der Waals surface area contributed by atoms with E-state index in [4.69, 9.17) is 4.52 Å². The summed E-state index contributed by atoms with van der Waals surface area (Å²) in [5.74, 6) is -1.25. The van der Waals surface area contributed by atoms with E-state index in [0.717, 1.165) is 43.8 Å². The molecule has 1 aliphatic rings. The standard InChI is InChI=1S/C20H16F4N6O2.ClH/c21-14-7-11(20(22,23)24)1-2-12(14)17-28-19(32-29-17)13-9-26-30-15(8-16(31)27-18(13)30)10-3-5-25-6-4-10;/h1-2,7-10,25H,3-6H2,(H,27,31);1H. The first-order valence-electron chi connectivity index (χ1n) is 9.84. The van der Waals surface area contributed by atoms with E-state index in [1.165, 1.54) is 12.3 Å². The monoisotopic (exact) mass is 484 g/mol. The molecule has 0 bridgehead atoms. The molecule has 1 fully saturated rings. The zero-order valence-corrected chi connectivity index (χ0v) is 17.6. The molecule has 4 heterocycles. The minimum Gasteiger partial charge on any atom is -0.333 e. The maximum absolute atomic E-state index is 14.3. The summed E-state index contributed by atoms with van der Waals surface area (Å²) in [4.78, 5) is 19.1. The van der Waals surface area contributed by atoms with Gasteiger partial charge in [-0.2, -0.15) is 23.3 Å². The molecule has 0 aliphatic carbocycles. The lowest BCUT2D eigenvalue weighted by Gasteiger charge is -2.23. The van der Waals surface area contributed by atoms with E-state index >= 15 is 0 Å². The Hall–Kier alpha value is -3.25. The van der Waals surface area contributed by atoms with Crippen molar-refractivity contribution < 1.29 is 22.1 Å². The normalized spacial score (nSPS) is 15.0. The van der Waals surface area contributed by atoms with Gasteiger partial charge in [-0.3, -0.25) is 4.79 Å². The fraction of sp³-hybridized carbons (Fsp3) is 0.300. The molecule has 33 heavy (non-hydrogen) atoms. The lowest BCUT2D eigenvalue weighted by Crippen LogP contribution is -2.28. The molecule has 1 aliphatic heterocycles. The van der Waals surface area contributed by atoms with Gasteiger partial charge >= 0.3 is 6.18 Å². The third kappa shape index (κ3) is 4.23. The van der Waals surface area contributed by atoms with E-state index in [-0.39, 0.29) is 41.2 Å². The fourth-order valence-electron chi connectivity index (χ4n) is 3.89. The van der Waals surface area contributed by atoms with Crippen LogP contribution in [0.2, 0.25) is 0 Å². The summed E-state index contributed by atoms with van der Waals surface area (Å²) in [6, 6.07) is 3.58. The number of hydrogen-bond acceptors (Lipinski definition) is 6. The van der Waals surface area contributed by atoms with E-state index in [2.05, 4.69) is 25.5 Å². The van der Waals surface area contributed by atoms with Crippen molar-refractivity contribution in [3.63, 3.8) is 0 Å². The van der Waals surface area contributed by atoms with E-state index < -0.39 is 17.6 Å². The average Bonchev–Trinajstić information content (AvgIpc) is 3.40. The number of alkyl halides is 3. The maximum Gasteiger partial charge on any atom is 0.416 e. The Morgan fingerprint density at radius 3 is 2.58 bits per heavy atom. The van der Waals surface area contributed by atoms with Gasteiger partial charge in [-0.05, 0) is 44.1 Å². The molecule has 3 aromatic heterocycles. The number of fused-ring (bicyclic) bond motifs is 1. The number of piperidine rings is 1. The van der Waals surface area contributed by atoms with Crippen LogP contribution in [0.3, 0.4) is 0 Å². The quantitative estimate of drug-likeness (QED) is 0.429. The van der Waals surface area contributed by atoms with E-state index in [9.17, 15) is 22.4 Å². The number of aromatic amines is 1. The fourth-order valence-corrected chi connectivity index (χ4v) is 3.89. The molecule has 1 aromatic carbocycles. The molecule has 8 nitrogen and oxygen atoms in total. The summed E-state index contributed by atoms with van der Waals surface area (Å²) in [6.45, 7) is 1.66. The Labute approximate surface area is 189 Å². The van der Waals surface area contributed by atoms with Gasteiger partial charge in [0.25, 0.3) is 11.4 Å². The molecular formula is C20H17ClF4N6O2. The van der Waals surface area contributed by atoms with Gasteiger partial charge in [0, 0.05) is 12.0 Å². The topological polar surface area (TPSA) is 101 Å². The molecule has 4 aromatic rings. The minimum atomic E-state index is -4.67. The predicted molar refractivity (Wildman–Crippen MR) is 112 cm³/mol. The smallest absolute Gasteiger partial charge is 0.333 e. The van der Waals surface area contributed by atoms with Gasteiger partial charge in [-0.25, -0.2) is 8.91 Å². The Bertz CT molecular complexity index is 1360. The lowest BCUT2D eigenvalue weighted by molar-refractivity contribution is -0.137. The lowest BCUT2D eigenvalue weighted by atomic mass is 9.94. The summed E-state index contributed by atoms with van der Waals surface area (Å²) >= 11 is 0. The van der Waals surface area contributed by atoms with Crippen LogP contribution in [0, 0.1) is 5.82 Å². The SMILES string of the molecule is Cl.O=c1cc(C2CCNCC2)n2ncc(-c3nc(-c4ccc(C(F)(F)F)cc4F)no3)c2[nH]1. The molecule has 1 saturated heterocycles. The second-order valence-electron chi connectivity index (χ2n) is 7.52. The average molecular weight is 485 g/mol. The van der Waals surface area contributed by atoms with Crippen LogP contribution in [-0.4, -0.2) is 37.8 Å². The second kappa shape index (κ2) is 8.60. The van der Waals surface area contributed by atoms with Crippen molar-refractivity contribution in [1.82, 2.24) is 30.1 Å². The van der Waals surface area contributed by atoms with E-state index in [1.807, 2.05) is 0 Å². The van der Waals surface area contributed by atoms with Gasteiger partial charge in [0.15, 0.2) is 0 Å². The van der Waals surface area contributed by atoms with Crippen molar-refractivity contribution in [2.45, 2.75) is 24.9 Å². The first-order chi connectivity index (χ1) is 15.3. The van der Waals surface area contributed by atoms with Crippen molar-refractivity contribution in [3.05, 3.63) is 57.9 Å². The minimum absolute atomic E-state index is 0. The van der Waals surface area contributed by atoms with Crippen LogP contribution in [-0.2, 0) is 6.18 Å². The largest absolute Gasteiger partial charge is 0.416 e. The van der Waals surface area contributed by atoms with Gasteiger partial charge in [-0.15, -0.1) is 12.4 Å². The number of H-pyrrole nitrogens is 1. The van der Waals surface area contributed by atoms with Crippen molar-refractivity contribution in [1.29, 1.82) is 0 Å². The first-order valence-corrected chi connectivity index (χ1v) is 9.84. The Morgan fingerprint density at radius 1 is 1.12 bits per heavy atom. The first kappa shape index (κ1) is 22.9. The molecule has 0 saturated carbocycles. The number of nitrogens with one attached hydrogen (secondary N) is 2. The number of benzene rings is 1. The van der Waals surface area contributed by atoms with Crippen molar-refractivity contribution in [2.75, 3.05) is 13.1 Å². The molecule has 13 heteroatoms. The zero-order valence-electron chi connectivity index (χ0n) is 16.8. The number of hydrogen-bond donors (Lipinski definition) is 2. The molecule has 0 unspecified atom stereocenters. The van der Waals surface area contributed by atoms with Gasteiger partial charge in [0.05, 0.1) is 23.0 Å². The summed E-state index contributed by atoms with van der Waals surface area (Å²) in [7, 11) is 0. The van der Waals surface area contributed by atoms with Crippen molar-refractivity contribution in [2.24, 2.45) is 0 Å². The third-order valence-electron chi connectivity index (χ3n) is 5.49. The summed E-state index contributed by atoms with van der Waals surface area (Å²) in [5.41, 5.74) is -0.258. The molecule has 0 amide bonds. The van der Waals surface area contributed by atoms with Crippen LogP contribution in [0.5, 0.6) is 0 Å². The molecule has 174 valence electrons. The van der Waals surface area contributed by atoms with Crippen LogP contribution in [0.4, 0.5) is 17.6 Å². The predicted octanol–water partition coefficient (Wildman–Crippen LogP) is 3.79. The van der Waals surface area contributed by atoms with Gasteiger partial charge in [0.2, 0.25) is 5.82 Å². The summed E-state index contributed by atoms with van der Waals surface area (Å²) < 4.78 is 59.5. The second-order valence-corrected chi connectivity index (χ2v) is 7.52. The van der Waals surface area contributed by atoms with Crippen molar-refractivity contribution in [3.8, 4) is 22.8 Å². The molecule has 2 N–H and O–H groups in total. The van der Waals surface area contributed by atoms with Crippen LogP contribution < -0.4 is 10.9 Å². The number of halogens is 5. The highest BCUT2D eigenvalue weighted by Gasteiger charge is 2.32. The number of aromatic nitrogens is 5. The van der Waals surface area contributed by atoms with Gasteiger partial charge in [-0.1, -0.05) is 5.16 Å². The Balaban J connectivity index is 0.00000259. The molecular weight excluding hydrogens is 468 g/mol. The zero-order chi connectivity index (χ0) is 22.5. The summed E-state index contributed by atoms with van der Waals surface area (Å²) in [5, 5.41) is 11.3. The Morgan fingerprint density at radius 2 is 1.88 bits per heavy atom. The van der Waals surface area contributed by atoms with Crippen LogP contribution in [0.25, 0.3) is 28.5 Å². The number of nitrogens with zero attached hydrogens (tertiary/aromatic N) is 4. The van der Waals surface area contributed by atoms with Crippen LogP contribution in [0.15, 0.2) is 39.8 Å². The third-order valence-corrected chi connectivity index (χ3v) is 5.49. The Kier molecular flexibility index (Phi) is 5.97. The van der Waals surface area contributed by atoms with Crippen LogP contribution in [0.1, 0.15) is 30.0 Å². The molecule has 5 rings (SSSR count). The van der Waals surface area contributed by atoms with E-state index in [1.54, 1.807) is 4.52 Å². The molecule has 0 spiro atoms. The van der Waals surface area contributed by atoms with Gasteiger partial charge < -0.3 is 14.8 Å². The highest BCUT2D eigenvalue weighted by molar-refractivity contribution is 5.85. The van der Waals surface area contributed by atoms with Gasteiger partial charge in [0.1, 0.15) is 17.0 Å². The summed E-state index contributed by atoms with van der Waals surface area (Å²) in [6.07, 6.45) is -1.52. The van der Waals surface area contributed by atoms with E-state index in [0.29, 0.717) is 17.3 Å². The van der Waals surface area contributed by atoms with Crippen LogP contribution >= 0.6 is 12.4 Å². The highest BCUT2D eigenvalue weighted by atomic mass is 35.5. The number of rotatable bonds is 3. The molecule has 0 radical (unpaired) electrons. The molecule has 0 atom stereocenters.